The SMILES string of the molecule is CC(N)C(c1ccccc1Br)n1cc(Br)cn1. The van der Waals surface area contributed by atoms with Crippen molar-refractivity contribution >= 4 is 31.9 Å². The van der Waals surface area contributed by atoms with E-state index in [0.717, 1.165) is 14.5 Å². The van der Waals surface area contributed by atoms with E-state index in [1.165, 1.54) is 0 Å². The molecular weight excluding hydrogens is 346 g/mol. The fourth-order valence-corrected chi connectivity index (χ4v) is 2.67. The highest BCUT2D eigenvalue weighted by molar-refractivity contribution is 9.10. The van der Waals surface area contributed by atoms with Crippen molar-refractivity contribution in [1.82, 2.24) is 9.78 Å². The zero-order valence-corrected chi connectivity index (χ0v) is 12.5. The molecule has 0 saturated heterocycles. The highest BCUT2D eigenvalue weighted by Crippen LogP contribution is 2.28. The molecule has 0 radical (unpaired) electrons. The molecule has 1 aromatic heterocycles. The summed E-state index contributed by atoms with van der Waals surface area (Å²) in [5, 5.41) is 4.32. The molecule has 0 aliphatic carbocycles. The van der Waals surface area contributed by atoms with Crippen LogP contribution in [0.3, 0.4) is 0 Å². The third-order valence-electron chi connectivity index (χ3n) is 2.58. The maximum absolute atomic E-state index is 6.08. The number of nitrogens with zero attached hydrogens (tertiary/aromatic N) is 2. The summed E-state index contributed by atoms with van der Waals surface area (Å²) in [6.45, 7) is 1.99. The second-order valence-corrected chi connectivity index (χ2v) is 5.73. The van der Waals surface area contributed by atoms with E-state index >= 15 is 0 Å². The summed E-state index contributed by atoms with van der Waals surface area (Å²) in [4.78, 5) is 0. The molecule has 3 nitrogen and oxygen atoms in total. The number of rotatable bonds is 3. The molecule has 2 rings (SSSR count). The van der Waals surface area contributed by atoms with Crippen LogP contribution < -0.4 is 5.73 Å². The molecule has 0 aliphatic heterocycles. The molecule has 1 aromatic carbocycles. The fraction of sp³-hybridized carbons (Fsp3) is 0.250. The quantitative estimate of drug-likeness (QED) is 0.914. The van der Waals surface area contributed by atoms with E-state index < -0.39 is 0 Å². The zero-order chi connectivity index (χ0) is 12.4. The first-order chi connectivity index (χ1) is 8.09. The number of benzene rings is 1. The van der Waals surface area contributed by atoms with E-state index in [2.05, 4.69) is 43.0 Å². The van der Waals surface area contributed by atoms with Gasteiger partial charge >= 0.3 is 0 Å². The lowest BCUT2D eigenvalue weighted by Crippen LogP contribution is -2.30. The van der Waals surface area contributed by atoms with E-state index in [1.807, 2.05) is 36.0 Å². The summed E-state index contributed by atoms with van der Waals surface area (Å²) in [5.74, 6) is 0. The van der Waals surface area contributed by atoms with Gasteiger partial charge in [0.2, 0.25) is 0 Å². The van der Waals surface area contributed by atoms with Crippen molar-refractivity contribution < 1.29 is 0 Å². The van der Waals surface area contributed by atoms with Gasteiger partial charge in [0.25, 0.3) is 0 Å². The lowest BCUT2D eigenvalue weighted by Gasteiger charge is -2.22. The summed E-state index contributed by atoms with van der Waals surface area (Å²) in [7, 11) is 0. The summed E-state index contributed by atoms with van der Waals surface area (Å²) in [5.41, 5.74) is 7.22. The second-order valence-electron chi connectivity index (χ2n) is 3.96. The Labute approximate surface area is 117 Å². The monoisotopic (exact) mass is 357 g/mol. The Bertz CT molecular complexity index is 508. The highest BCUT2D eigenvalue weighted by Gasteiger charge is 2.21. The van der Waals surface area contributed by atoms with E-state index in [1.54, 1.807) is 6.20 Å². The topological polar surface area (TPSA) is 43.8 Å². The van der Waals surface area contributed by atoms with Gasteiger partial charge in [-0.15, -0.1) is 0 Å². The van der Waals surface area contributed by atoms with Gasteiger partial charge < -0.3 is 5.73 Å². The summed E-state index contributed by atoms with van der Waals surface area (Å²) in [6, 6.07) is 8.08. The number of hydrogen-bond donors (Lipinski definition) is 1. The molecule has 0 saturated carbocycles. The predicted octanol–water partition coefficient (Wildman–Crippen LogP) is 3.34. The van der Waals surface area contributed by atoms with Crippen molar-refractivity contribution in [2.75, 3.05) is 0 Å². The van der Waals surface area contributed by atoms with Gasteiger partial charge in [-0.25, -0.2) is 0 Å². The minimum Gasteiger partial charge on any atom is -0.326 e. The molecule has 0 spiro atoms. The highest BCUT2D eigenvalue weighted by atomic mass is 79.9. The van der Waals surface area contributed by atoms with Crippen LogP contribution in [0, 0.1) is 0 Å². The molecular formula is C12H13Br2N3. The largest absolute Gasteiger partial charge is 0.326 e. The van der Waals surface area contributed by atoms with Crippen LogP contribution in [0.15, 0.2) is 45.6 Å². The van der Waals surface area contributed by atoms with Crippen molar-refractivity contribution in [2.24, 2.45) is 5.73 Å². The van der Waals surface area contributed by atoms with E-state index in [4.69, 9.17) is 5.73 Å². The number of nitrogens with two attached hydrogens (primary N) is 1. The fourth-order valence-electron chi connectivity index (χ4n) is 1.85. The van der Waals surface area contributed by atoms with E-state index in [0.29, 0.717) is 0 Å². The van der Waals surface area contributed by atoms with E-state index in [9.17, 15) is 0 Å². The standard InChI is InChI=1S/C12H13Br2N3/c1-8(15)12(17-7-9(13)6-16-17)10-4-2-3-5-11(10)14/h2-8,12H,15H2,1H3. The first-order valence-electron chi connectivity index (χ1n) is 5.29. The Morgan fingerprint density at radius 3 is 2.53 bits per heavy atom. The summed E-state index contributed by atoms with van der Waals surface area (Å²) < 4.78 is 3.89. The van der Waals surface area contributed by atoms with Crippen LogP contribution >= 0.6 is 31.9 Å². The number of halogens is 2. The molecule has 0 aliphatic rings. The van der Waals surface area contributed by atoms with E-state index in [-0.39, 0.29) is 12.1 Å². The lowest BCUT2D eigenvalue weighted by atomic mass is 10.0. The molecule has 2 atom stereocenters. The Hall–Kier alpha value is -0.650. The summed E-state index contributed by atoms with van der Waals surface area (Å²) >= 11 is 6.97. The molecule has 0 fully saturated rings. The average Bonchev–Trinajstić information content (AvgIpc) is 2.68. The van der Waals surface area contributed by atoms with Gasteiger partial charge in [-0.3, -0.25) is 4.68 Å². The molecule has 2 unspecified atom stereocenters. The van der Waals surface area contributed by atoms with Crippen molar-refractivity contribution in [3.8, 4) is 0 Å². The van der Waals surface area contributed by atoms with Gasteiger partial charge in [0.15, 0.2) is 0 Å². The third kappa shape index (κ3) is 2.78. The molecule has 90 valence electrons. The maximum Gasteiger partial charge on any atom is 0.0927 e. The van der Waals surface area contributed by atoms with Crippen LogP contribution in [-0.4, -0.2) is 15.8 Å². The van der Waals surface area contributed by atoms with Crippen molar-refractivity contribution in [3.05, 3.63) is 51.2 Å². The van der Waals surface area contributed by atoms with Gasteiger partial charge in [-0.2, -0.15) is 5.10 Å². The Morgan fingerprint density at radius 1 is 1.29 bits per heavy atom. The molecule has 2 N–H and O–H groups in total. The molecule has 0 amide bonds. The second kappa shape index (κ2) is 5.33. The maximum atomic E-state index is 6.08. The molecule has 17 heavy (non-hydrogen) atoms. The predicted molar refractivity (Wildman–Crippen MR) is 75.9 cm³/mol. The minimum absolute atomic E-state index is 0.0249. The number of hydrogen-bond acceptors (Lipinski definition) is 2. The van der Waals surface area contributed by atoms with Gasteiger partial charge in [0.1, 0.15) is 0 Å². The van der Waals surface area contributed by atoms with Crippen molar-refractivity contribution in [2.45, 2.75) is 19.0 Å². The molecule has 2 aromatic rings. The van der Waals surface area contributed by atoms with Gasteiger partial charge in [0, 0.05) is 16.7 Å². The number of aromatic nitrogens is 2. The third-order valence-corrected chi connectivity index (χ3v) is 3.71. The molecule has 0 bridgehead atoms. The normalized spacial score (nSPS) is 14.6. The van der Waals surface area contributed by atoms with Crippen molar-refractivity contribution in [1.29, 1.82) is 0 Å². The Balaban J connectivity index is 2.47. The molecule has 1 heterocycles. The first-order valence-corrected chi connectivity index (χ1v) is 6.88. The van der Waals surface area contributed by atoms with Crippen LogP contribution in [0.5, 0.6) is 0 Å². The molecule has 5 heteroatoms. The van der Waals surface area contributed by atoms with Crippen molar-refractivity contribution in [3.63, 3.8) is 0 Å². The lowest BCUT2D eigenvalue weighted by molar-refractivity contribution is 0.452. The van der Waals surface area contributed by atoms with Crippen LogP contribution in [0.2, 0.25) is 0 Å². The van der Waals surface area contributed by atoms with Crippen LogP contribution in [-0.2, 0) is 0 Å². The van der Waals surface area contributed by atoms with Gasteiger partial charge in [0.05, 0.1) is 16.7 Å². The van der Waals surface area contributed by atoms with Crippen LogP contribution in [0.4, 0.5) is 0 Å². The zero-order valence-electron chi connectivity index (χ0n) is 9.35. The first kappa shape index (κ1) is 12.8. The van der Waals surface area contributed by atoms with Crippen LogP contribution in [0.1, 0.15) is 18.5 Å². The van der Waals surface area contributed by atoms with Crippen LogP contribution in [0.25, 0.3) is 0 Å². The smallest absolute Gasteiger partial charge is 0.0927 e. The van der Waals surface area contributed by atoms with Gasteiger partial charge in [-0.1, -0.05) is 34.1 Å². The Morgan fingerprint density at radius 2 is 2.00 bits per heavy atom. The Kier molecular flexibility index (Phi) is 4.01. The minimum atomic E-state index is -0.0273. The van der Waals surface area contributed by atoms with Gasteiger partial charge in [-0.05, 0) is 34.5 Å². The summed E-state index contributed by atoms with van der Waals surface area (Å²) in [6.07, 6.45) is 3.71. The average molecular weight is 359 g/mol.